The summed E-state index contributed by atoms with van der Waals surface area (Å²) in [6.45, 7) is 7.76. The van der Waals surface area contributed by atoms with Crippen molar-refractivity contribution in [2.75, 3.05) is 6.54 Å². The van der Waals surface area contributed by atoms with E-state index < -0.39 is 12.0 Å². The van der Waals surface area contributed by atoms with E-state index >= 15 is 0 Å². The Hall–Kier alpha value is -0.960. The molecule has 0 saturated carbocycles. The van der Waals surface area contributed by atoms with Gasteiger partial charge in [-0.2, -0.15) is 0 Å². The lowest BCUT2D eigenvalue weighted by Crippen LogP contribution is -2.45. The van der Waals surface area contributed by atoms with E-state index in [-0.39, 0.29) is 0 Å². The predicted octanol–water partition coefficient (Wildman–Crippen LogP) is 3.39. The molecular formula is C13H19F2N. The highest BCUT2D eigenvalue weighted by molar-refractivity contribution is 5.33. The number of hydrogen-bond acceptors (Lipinski definition) is 1. The van der Waals surface area contributed by atoms with Gasteiger partial charge in [-0.3, -0.25) is 0 Å². The number of hydrogen-bond donors (Lipinski definition) is 1. The highest BCUT2D eigenvalue weighted by atomic mass is 19.3. The minimum absolute atomic E-state index is 0.522. The Bertz CT molecular complexity index is 343. The van der Waals surface area contributed by atoms with E-state index in [1.165, 1.54) is 0 Å². The summed E-state index contributed by atoms with van der Waals surface area (Å²) < 4.78 is 26.3. The molecule has 1 rings (SSSR count). The maximum Gasteiger partial charge on any atom is 0.260 e. The van der Waals surface area contributed by atoms with Gasteiger partial charge >= 0.3 is 0 Å². The fraction of sp³-hybridized carbons (Fsp3) is 0.538. The molecule has 90 valence electrons. The minimum Gasteiger partial charge on any atom is -0.303 e. The molecule has 1 atom stereocenters. The molecule has 1 aromatic rings. The summed E-state index contributed by atoms with van der Waals surface area (Å²) in [5.74, 6) is 0. The first kappa shape index (κ1) is 13.1. The highest BCUT2D eigenvalue weighted by Gasteiger charge is 2.36. The van der Waals surface area contributed by atoms with Crippen LogP contribution in [0.5, 0.6) is 0 Å². The van der Waals surface area contributed by atoms with Crippen LogP contribution in [0.25, 0.3) is 0 Å². The van der Waals surface area contributed by atoms with Crippen LogP contribution in [0.2, 0.25) is 0 Å². The van der Waals surface area contributed by atoms with Crippen LogP contribution in [0.15, 0.2) is 18.2 Å². The first-order valence-electron chi connectivity index (χ1n) is 5.52. The second-order valence-corrected chi connectivity index (χ2v) is 4.41. The van der Waals surface area contributed by atoms with Gasteiger partial charge in [0.1, 0.15) is 5.54 Å². The van der Waals surface area contributed by atoms with Crippen LogP contribution in [0, 0.1) is 13.8 Å². The monoisotopic (exact) mass is 227 g/mol. The van der Waals surface area contributed by atoms with E-state index in [0.29, 0.717) is 12.1 Å². The molecule has 1 unspecified atom stereocenters. The average Bonchev–Trinajstić information content (AvgIpc) is 2.16. The van der Waals surface area contributed by atoms with Gasteiger partial charge in [0.2, 0.25) is 0 Å². The number of rotatable bonds is 4. The number of nitrogens with one attached hydrogen (secondary N) is 1. The van der Waals surface area contributed by atoms with Gasteiger partial charge in [-0.15, -0.1) is 0 Å². The predicted molar refractivity (Wildman–Crippen MR) is 62.9 cm³/mol. The number of aryl methyl sites for hydroxylation is 2. The molecule has 3 heteroatoms. The van der Waals surface area contributed by atoms with E-state index in [4.69, 9.17) is 0 Å². The molecule has 0 heterocycles. The van der Waals surface area contributed by atoms with Crippen LogP contribution in [-0.2, 0) is 5.54 Å². The van der Waals surface area contributed by atoms with Gasteiger partial charge in [-0.1, -0.05) is 36.2 Å². The molecule has 0 saturated heterocycles. The molecule has 0 aliphatic rings. The first-order valence-corrected chi connectivity index (χ1v) is 5.52. The topological polar surface area (TPSA) is 12.0 Å². The van der Waals surface area contributed by atoms with E-state index in [0.717, 1.165) is 11.1 Å². The molecule has 0 fully saturated rings. The Balaban J connectivity index is 3.20. The third-order valence-electron chi connectivity index (χ3n) is 2.80. The number of alkyl halides is 2. The molecular weight excluding hydrogens is 208 g/mol. The summed E-state index contributed by atoms with van der Waals surface area (Å²) in [5, 5.41) is 2.88. The van der Waals surface area contributed by atoms with Crippen molar-refractivity contribution in [3.8, 4) is 0 Å². The van der Waals surface area contributed by atoms with Crippen LogP contribution < -0.4 is 5.32 Å². The SMILES string of the molecule is CCNC(C)(c1cc(C)cc(C)c1)C(F)F. The lowest BCUT2D eigenvalue weighted by molar-refractivity contribution is 0.0394. The molecule has 1 nitrogen and oxygen atoms in total. The van der Waals surface area contributed by atoms with Crippen molar-refractivity contribution in [1.29, 1.82) is 0 Å². The summed E-state index contributed by atoms with van der Waals surface area (Å²) >= 11 is 0. The Morgan fingerprint density at radius 3 is 2.06 bits per heavy atom. The van der Waals surface area contributed by atoms with E-state index in [1.807, 2.05) is 39.0 Å². The fourth-order valence-electron chi connectivity index (χ4n) is 1.95. The average molecular weight is 227 g/mol. The van der Waals surface area contributed by atoms with Crippen LogP contribution in [0.1, 0.15) is 30.5 Å². The van der Waals surface area contributed by atoms with Crippen molar-refractivity contribution < 1.29 is 8.78 Å². The lowest BCUT2D eigenvalue weighted by Gasteiger charge is -2.31. The third-order valence-corrected chi connectivity index (χ3v) is 2.80. The fourth-order valence-corrected chi connectivity index (χ4v) is 1.95. The third kappa shape index (κ3) is 2.59. The molecule has 0 aliphatic heterocycles. The largest absolute Gasteiger partial charge is 0.303 e. The van der Waals surface area contributed by atoms with Crippen molar-refractivity contribution in [1.82, 2.24) is 5.32 Å². The molecule has 16 heavy (non-hydrogen) atoms. The Morgan fingerprint density at radius 2 is 1.69 bits per heavy atom. The maximum atomic E-state index is 13.2. The Labute approximate surface area is 95.9 Å². The number of halogens is 2. The van der Waals surface area contributed by atoms with Crippen LogP contribution in [-0.4, -0.2) is 13.0 Å². The summed E-state index contributed by atoms with van der Waals surface area (Å²) in [7, 11) is 0. The van der Waals surface area contributed by atoms with E-state index in [2.05, 4.69) is 5.32 Å². The summed E-state index contributed by atoms with van der Waals surface area (Å²) in [6, 6.07) is 5.63. The molecule has 0 spiro atoms. The standard InChI is InChI=1S/C13H19F2N/c1-5-16-13(4,12(14)15)11-7-9(2)6-10(3)8-11/h6-8,12,16H,5H2,1-4H3. The Morgan fingerprint density at radius 1 is 1.19 bits per heavy atom. The second-order valence-electron chi connectivity index (χ2n) is 4.41. The molecule has 1 aromatic carbocycles. The van der Waals surface area contributed by atoms with Gasteiger partial charge in [0.05, 0.1) is 0 Å². The van der Waals surface area contributed by atoms with Gasteiger partial charge < -0.3 is 5.32 Å². The molecule has 0 aliphatic carbocycles. The van der Waals surface area contributed by atoms with E-state index in [9.17, 15) is 8.78 Å². The smallest absolute Gasteiger partial charge is 0.260 e. The van der Waals surface area contributed by atoms with Gasteiger partial charge in [0, 0.05) is 0 Å². The zero-order chi connectivity index (χ0) is 12.3. The van der Waals surface area contributed by atoms with Crippen molar-refractivity contribution in [2.24, 2.45) is 0 Å². The van der Waals surface area contributed by atoms with Crippen molar-refractivity contribution in [3.05, 3.63) is 34.9 Å². The second kappa shape index (κ2) is 4.91. The van der Waals surface area contributed by atoms with Crippen LogP contribution in [0.4, 0.5) is 8.78 Å². The van der Waals surface area contributed by atoms with Gasteiger partial charge in [-0.05, 0) is 32.9 Å². The van der Waals surface area contributed by atoms with Gasteiger partial charge in [-0.25, -0.2) is 8.78 Å². The zero-order valence-electron chi connectivity index (χ0n) is 10.3. The normalized spacial score (nSPS) is 15.2. The quantitative estimate of drug-likeness (QED) is 0.831. The molecule has 0 radical (unpaired) electrons. The van der Waals surface area contributed by atoms with E-state index in [1.54, 1.807) is 6.92 Å². The van der Waals surface area contributed by atoms with Gasteiger partial charge in [0.15, 0.2) is 0 Å². The Kier molecular flexibility index (Phi) is 4.03. The highest BCUT2D eigenvalue weighted by Crippen LogP contribution is 2.29. The molecule has 0 amide bonds. The molecule has 0 aromatic heterocycles. The summed E-state index contributed by atoms with van der Waals surface area (Å²) in [6.07, 6.45) is -2.42. The van der Waals surface area contributed by atoms with Crippen molar-refractivity contribution in [3.63, 3.8) is 0 Å². The van der Waals surface area contributed by atoms with Crippen LogP contribution >= 0.6 is 0 Å². The molecule has 1 N–H and O–H groups in total. The minimum atomic E-state index is -2.42. The molecule has 0 bridgehead atoms. The van der Waals surface area contributed by atoms with Crippen molar-refractivity contribution >= 4 is 0 Å². The van der Waals surface area contributed by atoms with Crippen LogP contribution in [0.3, 0.4) is 0 Å². The maximum absolute atomic E-state index is 13.2. The van der Waals surface area contributed by atoms with Crippen molar-refractivity contribution in [2.45, 2.75) is 39.7 Å². The number of benzene rings is 1. The lowest BCUT2D eigenvalue weighted by atomic mass is 9.90. The van der Waals surface area contributed by atoms with Gasteiger partial charge in [0.25, 0.3) is 6.43 Å². The zero-order valence-corrected chi connectivity index (χ0v) is 10.3. The summed E-state index contributed by atoms with van der Waals surface area (Å²) in [5.41, 5.74) is 1.42. The first-order chi connectivity index (χ1) is 7.40. The summed E-state index contributed by atoms with van der Waals surface area (Å²) in [4.78, 5) is 0.